The van der Waals surface area contributed by atoms with Crippen molar-refractivity contribution in [3.05, 3.63) is 0 Å². The van der Waals surface area contributed by atoms with Crippen LogP contribution in [0.15, 0.2) is 0 Å². The molecule has 0 radical (unpaired) electrons. The number of amides is 5. The van der Waals surface area contributed by atoms with Crippen molar-refractivity contribution in [3.63, 3.8) is 0 Å². The summed E-state index contributed by atoms with van der Waals surface area (Å²) in [5.41, 5.74) is -0.687. The van der Waals surface area contributed by atoms with E-state index in [0.29, 0.717) is 19.4 Å². The van der Waals surface area contributed by atoms with Crippen LogP contribution in [-0.4, -0.2) is 78.0 Å². The highest BCUT2D eigenvalue weighted by Crippen LogP contribution is 2.32. The zero-order chi connectivity index (χ0) is 30.3. The molecule has 3 fully saturated rings. The van der Waals surface area contributed by atoms with Crippen LogP contribution in [0.25, 0.3) is 0 Å². The highest BCUT2D eigenvalue weighted by Gasteiger charge is 2.39. The van der Waals surface area contributed by atoms with Gasteiger partial charge >= 0.3 is 0 Å². The number of Topliss-reactive ketones (excluding diaryl/α,β-unsaturated/α-hetero) is 1. The van der Waals surface area contributed by atoms with E-state index in [1.807, 2.05) is 0 Å². The van der Waals surface area contributed by atoms with Crippen molar-refractivity contribution >= 4 is 35.3 Å². The van der Waals surface area contributed by atoms with Crippen molar-refractivity contribution in [1.29, 1.82) is 0 Å². The van der Waals surface area contributed by atoms with E-state index in [1.165, 1.54) is 11.9 Å². The summed E-state index contributed by atoms with van der Waals surface area (Å²) in [5, 5.41) is 11.1. The molecule has 11 nitrogen and oxygen atoms in total. The molecule has 4 N–H and O–H groups in total. The average molecular weight is 576 g/mol. The van der Waals surface area contributed by atoms with Crippen LogP contribution in [0.1, 0.15) is 98.3 Å². The van der Waals surface area contributed by atoms with Gasteiger partial charge in [0.15, 0.2) is 0 Å². The number of likely N-dealkylation sites (N-methyl/N-ethyl adjacent to an activating group) is 1. The van der Waals surface area contributed by atoms with Gasteiger partial charge in [-0.05, 0) is 51.4 Å². The highest BCUT2D eigenvalue weighted by atomic mass is 16.2. The van der Waals surface area contributed by atoms with Crippen molar-refractivity contribution in [3.8, 4) is 0 Å². The molecule has 1 saturated heterocycles. The Morgan fingerprint density at radius 2 is 1.59 bits per heavy atom. The van der Waals surface area contributed by atoms with Crippen LogP contribution in [0.3, 0.4) is 0 Å². The fourth-order valence-electron chi connectivity index (χ4n) is 5.75. The normalized spacial score (nSPS) is 22.0. The molecule has 5 amide bonds. The molecule has 3 aliphatic rings. The summed E-state index contributed by atoms with van der Waals surface area (Å²) < 4.78 is 0. The quantitative estimate of drug-likeness (QED) is 0.259. The van der Waals surface area contributed by atoms with Crippen LogP contribution >= 0.6 is 0 Å². The molecule has 0 aromatic heterocycles. The molecule has 0 aromatic carbocycles. The topological polar surface area (TPSA) is 154 Å². The Hall–Kier alpha value is -2.98. The number of carbonyl (C=O) groups excluding carboxylic acids is 6. The Morgan fingerprint density at radius 3 is 2.15 bits per heavy atom. The largest absolute Gasteiger partial charge is 0.356 e. The minimum absolute atomic E-state index is 0.0142. The molecule has 3 rings (SSSR count). The van der Waals surface area contributed by atoms with E-state index in [4.69, 9.17) is 0 Å². The van der Waals surface area contributed by atoms with Gasteiger partial charge in [-0.15, -0.1) is 0 Å². The Morgan fingerprint density at radius 1 is 0.927 bits per heavy atom. The molecular formula is C30H49N5O6. The summed E-state index contributed by atoms with van der Waals surface area (Å²) >= 11 is 0. The first-order chi connectivity index (χ1) is 19.3. The van der Waals surface area contributed by atoms with Gasteiger partial charge in [0.1, 0.15) is 12.1 Å². The third-order valence-corrected chi connectivity index (χ3v) is 8.77. The van der Waals surface area contributed by atoms with Gasteiger partial charge in [-0.3, -0.25) is 28.8 Å². The maximum Gasteiger partial charge on any atom is 0.289 e. The molecule has 1 heterocycles. The second kappa shape index (κ2) is 14.3. The molecular weight excluding hydrogens is 526 g/mol. The maximum absolute atomic E-state index is 13.8. The second-order valence-corrected chi connectivity index (χ2v) is 13.2. The first-order valence-electron chi connectivity index (χ1n) is 15.3. The van der Waals surface area contributed by atoms with E-state index in [1.54, 1.807) is 27.7 Å². The van der Waals surface area contributed by atoms with Crippen molar-refractivity contribution in [1.82, 2.24) is 26.2 Å². The summed E-state index contributed by atoms with van der Waals surface area (Å²) in [6, 6.07) is -3.01. The molecule has 1 aliphatic heterocycles. The fraction of sp³-hybridized carbons (Fsp3) is 0.800. The number of hydrogen-bond donors (Lipinski definition) is 4. The third kappa shape index (κ3) is 9.00. The summed E-state index contributed by atoms with van der Waals surface area (Å²) in [4.78, 5) is 79.9. The number of piperidine rings is 1. The number of hydrogen-bond acceptors (Lipinski definition) is 6. The van der Waals surface area contributed by atoms with Gasteiger partial charge in [0, 0.05) is 31.0 Å². The Balaban J connectivity index is 1.77. The lowest BCUT2D eigenvalue weighted by Gasteiger charge is -2.36. The molecule has 4 atom stereocenters. The Bertz CT molecular complexity index is 998. The van der Waals surface area contributed by atoms with Crippen LogP contribution < -0.4 is 21.3 Å². The van der Waals surface area contributed by atoms with Crippen LogP contribution in [0, 0.1) is 17.3 Å². The number of ketones is 1. The second-order valence-electron chi connectivity index (χ2n) is 13.2. The van der Waals surface area contributed by atoms with E-state index < -0.39 is 53.0 Å². The first kappa shape index (κ1) is 32.5. The SMILES string of the molecule is C[C@@H](NC(=O)C(C)(C)C)C(=O)N(C)[C@@H](CC1CCC1)C(=O)N[C@@H](C[C@@H]1CCCNC1=O)C(=O)C(=O)NC1CCCC1. The van der Waals surface area contributed by atoms with Gasteiger partial charge in [-0.2, -0.15) is 0 Å². The van der Waals surface area contributed by atoms with E-state index in [2.05, 4.69) is 21.3 Å². The lowest BCUT2D eigenvalue weighted by atomic mass is 9.80. The van der Waals surface area contributed by atoms with Crippen molar-refractivity contribution < 1.29 is 28.8 Å². The van der Waals surface area contributed by atoms with Gasteiger partial charge in [0.2, 0.25) is 29.4 Å². The molecule has 41 heavy (non-hydrogen) atoms. The molecule has 0 unspecified atom stereocenters. The fourth-order valence-corrected chi connectivity index (χ4v) is 5.75. The zero-order valence-electron chi connectivity index (χ0n) is 25.3. The smallest absolute Gasteiger partial charge is 0.289 e. The first-order valence-corrected chi connectivity index (χ1v) is 15.3. The average Bonchev–Trinajstić information content (AvgIpc) is 3.40. The van der Waals surface area contributed by atoms with Crippen molar-refractivity contribution in [2.45, 2.75) is 122 Å². The van der Waals surface area contributed by atoms with Gasteiger partial charge in [0.05, 0.1) is 6.04 Å². The van der Waals surface area contributed by atoms with Crippen LogP contribution in [0.5, 0.6) is 0 Å². The molecule has 11 heteroatoms. The third-order valence-electron chi connectivity index (χ3n) is 8.77. The summed E-state index contributed by atoms with van der Waals surface area (Å²) in [5.74, 6) is -3.21. The van der Waals surface area contributed by atoms with Crippen LogP contribution in [0.4, 0.5) is 0 Å². The lowest BCUT2D eigenvalue weighted by molar-refractivity contribution is -0.145. The molecule has 230 valence electrons. The van der Waals surface area contributed by atoms with Gasteiger partial charge < -0.3 is 26.2 Å². The van der Waals surface area contributed by atoms with Gasteiger partial charge in [0.25, 0.3) is 5.91 Å². The lowest BCUT2D eigenvalue weighted by Crippen LogP contribution is -2.58. The Kier molecular flexibility index (Phi) is 11.3. The molecule has 2 aliphatic carbocycles. The minimum Gasteiger partial charge on any atom is -0.356 e. The predicted molar refractivity (Wildman–Crippen MR) is 153 cm³/mol. The summed E-state index contributed by atoms with van der Waals surface area (Å²) in [7, 11) is 1.53. The number of nitrogens with one attached hydrogen (secondary N) is 4. The Labute approximate surface area is 243 Å². The van der Waals surface area contributed by atoms with Crippen molar-refractivity contribution in [2.75, 3.05) is 13.6 Å². The summed E-state index contributed by atoms with van der Waals surface area (Å²) in [6.07, 6.45) is 8.25. The standard InChI is InChI=1S/C30H49N5O6/c1-18(32-29(41)30(2,3)4)28(40)35(5)23(16-19-10-8-11-19)26(38)34-22(17-20-12-9-15-31-25(20)37)24(36)27(39)33-21-13-6-7-14-21/h18-23H,6-17H2,1-5H3,(H,31,37)(H,32,41)(H,33,39)(H,34,38)/t18-,20+,22+,23+/m1/s1. The molecule has 0 aromatic rings. The van der Waals surface area contributed by atoms with E-state index >= 15 is 0 Å². The minimum atomic E-state index is -1.19. The monoisotopic (exact) mass is 575 g/mol. The molecule has 0 bridgehead atoms. The number of nitrogens with zero attached hydrogens (tertiary/aromatic N) is 1. The van der Waals surface area contributed by atoms with E-state index in [-0.39, 0.29) is 30.2 Å². The molecule has 0 spiro atoms. The summed E-state index contributed by atoms with van der Waals surface area (Å²) in [6.45, 7) is 7.40. The van der Waals surface area contributed by atoms with E-state index in [0.717, 1.165) is 51.4 Å². The number of carbonyl (C=O) groups is 6. The predicted octanol–water partition coefficient (Wildman–Crippen LogP) is 1.58. The molecule has 2 saturated carbocycles. The highest BCUT2D eigenvalue weighted by molar-refractivity contribution is 6.38. The number of rotatable bonds is 12. The maximum atomic E-state index is 13.8. The van der Waals surface area contributed by atoms with E-state index in [9.17, 15) is 28.8 Å². The van der Waals surface area contributed by atoms with Crippen LogP contribution in [-0.2, 0) is 28.8 Å². The van der Waals surface area contributed by atoms with Crippen molar-refractivity contribution in [2.24, 2.45) is 17.3 Å². The zero-order valence-corrected chi connectivity index (χ0v) is 25.3. The van der Waals surface area contributed by atoms with Gasteiger partial charge in [-0.25, -0.2) is 0 Å². The van der Waals surface area contributed by atoms with Crippen LogP contribution in [0.2, 0.25) is 0 Å². The van der Waals surface area contributed by atoms with Gasteiger partial charge in [-0.1, -0.05) is 52.9 Å².